The number of alkyl halides is 1. The smallest absolute Gasteiger partial charge is 0.167 e. The predicted molar refractivity (Wildman–Crippen MR) is 60.4 cm³/mol. The van der Waals surface area contributed by atoms with Crippen LogP contribution in [0.4, 0.5) is 0 Å². The monoisotopic (exact) mass is 310 g/mol. The molecule has 0 radical (unpaired) electrons. The second-order valence-electron chi connectivity index (χ2n) is 2.54. The van der Waals surface area contributed by atoms with Crippen LogP contribution in [-0.4, -0.2) is 15.0 Å². The van der Waals surface area contributed by atoms with Gasteiger partial charge in [-0.25, -0.2) is 0 Å². The van der Waals surface area contributed by atoms with Crippen LogP contribution in [0, 0.1) is 0 Å². The zero-order valence-corrected chi connectivity index (χ0v) is 9.62. The Balaban J connectivity index is 2.83. The van der Waals surface area contributed by atoms with Crippen molar-refractivity contribution in [2.75, 3.05) is 0 Å². The van der Waals surface area contributed by atoms with Crippen LogP contribution in [0.3, 0.4) is 0 Å². The van der Waals surface area contributed by atoms with Gasteiger partial charge in [-0.2, -0.15) is 0 Å². The Hall–Kier alpha value is -0.130. The van der Waals surface area contributed by atoms with E-state index in [1.54, 1.807) is 46.9 Å². The summed E-state index contributed by atoms with van der Waals surface area (Å²) in [7, 11) is 0. The summed E-state index contributed by atoms with van der Waals surface area (Å²) in [6.45, 7) is 0. The Kier molecular flexibility index (Phi) is 4.15. The van der Waals surface area contributed by atoms with Gasteiger partial charge in [-0.1, -0.05) is 46.3 Å². The summed E-state index contributed by atoms with van der Waals surface area (Å²) >= 11 is 7.59. The number of benzene rings is 1. The van der Waals surface area contributed by atoms with E-state index in [0.717, 1.165) is 0 Å². The summed E-state index contributed by atoms with van der Waals surface area (Å²) in [4.78, 5) is 11.4. The van der Waals surface area contributed by atoms with Gasteiger partial charge in [0.25, 0.3) is 0 Å². The first-order valence-corrected chi connectivity index (χ1v) is 5.33. The molecule has 0 aliphatic rings. The molecule has 0 spiro atoms. The van der Waals surface area contributed by atoms with Crippen molar-refractivity contribution < 1.29 is 9.90 Å². The molecule has 0 aliphatic heterocycles. The lowest BCUT2D eigenvalue weighted by molar-refractivity contribution is 0.0950. The molecule has 1 N–H and O–H groups in total. The third kappa shape index (κ3) is 3.25. The third-order valence-electron chi connectivity index (χ3n) is 1.53. The van der Waals surface area contributed by atoms with Gasteiger partial charge in [0.2, 0.25) is 0 Å². The minimum atomic E-state index is -0.652. The number of hydrogen-bond acceptors (Lipinski definition) is 2. The standard InChI is InChI=1S/C9H8ClIO2/c10-7-4-2-1-3-6(7)8(12)5-9(11)13/h1-4,9,13H,5H2. The van der Waals surface area contributed by atoms with Crippen molar-refractivity contribution in [3.63, 3.8) is 0 Å². The van der Waals surface area contributed by atoms with Crippen molar-refractivity contribution in [3.05, 3.63) is 34.9 Å². The normalized spacial score (nSPS) is 12.5. The van der Waals surface area contributed by atoms with Gasteiger partial charge in [0.05, 0.1) is 5.02 Å². The predicted octanol–water partition coefficient (Wildman–Crippen LogP) is 2.67. The van der Waals surface area contributed by atoms with Gasteiger partial charge in [-0.3, -0.25) is 4.79 Å². The number of hydrogen-bond donors (Lipinski definition) is 1. The van der Waals surface area contributed by atoms with Gasteiger partial charge < -0.3 is 5.11 Å². The van der Waals surface area contributed by atoms with Crippen LogP contribution in [0.1, 0.15) is 16.8 Å². The van der Waals surface area contributed by atoms with Crippen LogP contribution in [0.25, 0.3) is 0 Å². The van der Waals surface area contributed by atoms with Crippen LogP contribution >= 0.6 is 34.2 Å². The van der Waals surface area contributed by atoms with E-state index in [1.807, 2.05) is 0 Å². The lowest BCUT2D eigenvalue weighted by Crippen LogP contribution is -2.07. The molecule has 1 unspecified atom stereocenters. The molecule has 2 nitrogen and oxygen atoms in total. The van der Waals surface area contributed by atoms with Crippen LogP contribution in [0.15, 0.2) is 24.3 Å². The fraction of sp³-hybridized carbons (Fsp3) is 0.222. The van der Waals surface area contributed by atoms with Crippen molar-refractivity contribution in [3.8, 4) is 0 Å². The van der Waals surface area contributed by atoms with E-state index in [4.69, 9.17) is 16.7 Å². The molecule has 0 aliphatic carbocycles. The number of carbonyl (C=O) groups excluding carboxylic acids is 1. The fourth-order valence-electron chi connectivity index (χ4n) is 0.950. The number of carbonyl (C=O) groups is 1. The maximum Gasteiger partial charge on any atom is 0.167 e. The summed E-state index contributed by atoms with van der Waals surface area (Å²) in [6.07, 6.45) is 0.101. The number of aliphatic hydroxyl groups excluding tert-OH is 1. The Bertz CT molecular complexity index is 312. The quantitative estimate of drug-likeness (QED) is 0.529. The minimum Gasteiger partial charge on any atom is -0.382 e. The van der Waals surface area contributed by atoms with Gasteiger partial charge in [-0.05, 0) is 12.1 Å². The summed E-state index contributed by atoms with van der Waals surface area (Å²) in [6, 6.07) is 6.83. The Morgan fingerprint density at radius 3 is 2.69 bits per heavy atom. The Morgan fingerprint density at radius 1 is 1.54 bits per heavy atom. The number of halogens is 2. The van der Waals surface area contributed by atoms with Gasteiger partial charge in [0, 0.05) is 12.0 Å². The second kappa shape index (κ2) is 4.93. The summed E-state index contributed by atoms with van der Waals surface area (Å²) in [5.74, 6) is -0.132. The fourth-order valence-corrected chi connectivity index (χ4v) is 1.59. The summed E-state index contributed by atoms with van der Waals surface area (Å²) in [5.41, 5.74) is 0.472. The minimum absolute atomic E-state index is 0.101. The van der Waals surface area contributed by atoms with Gasteiger partial charge in [0.1, 0.15) is 4.11 Å². The summed E-state index contributed by atoms with van der Waals surface area (Å²) < 4.78 is -0.652. The van der Waals surface area contributed by atoms with Crippen LogP contribution in [0.2, 0.25) is 5.02 Å². The highest BCUT2D eigenvalue weighted by Crippen LogP contribution is 2.18. The molecular weight excluding hydrogens is 302 g/mol. The van der Waals surface area contributed by atoms with E-state index < -0.39 is 4.11 Å². The van der Waals surface area contributed by atoms with Crippen LogP contribution < -0.4 is 0 Å². The zero-order chi connectivity index (χ0) is 9.84. The molecule has 0 aromatic heterocycles. The maximum absolute atomic E-state index is 11.4. The van der Waals surface area contributed by atoms with E-state index in [1.165, 1.54) is 0 Å². The molecule has 1 rings (SSSR count). The van der Waals surface area contributed by atoms with Crippen molar-refractivity contribution in [2.24, 2.45) is 0 Å². The molecule has 4 heteroatoms. The van der Waals surface area contributed by atoms with E-state index in [2.05, 4.69) is 0 Å². The molecule has 70 valence electrons. The molecule has 1 atom stereocenters. The van der Waals surface area contributed by atoms with Crippen LogP contribution in [0.5, 0.6) is 0 Å². The SMILES string of the molecule is O=C(CC(O)I)c1ccccc1Cl. The second-order valence-corrected chi connectivity index (χ2v) is 4.39. The van der Waals surface area contributed by atoms with Gasteiger partial charge in [0.15, 0.2) is 5.78 Å². The van der Waals surface area contributed by atoms with E-state index in [9.17, 15) is 4.79 Å². The molecule has 0 saturated carbocycles. The van der Waals surface area contributed by atoms with Crippen molar-refractivity contribution >= 4 is 40.0 Å². The highest BCUT2D eigenvalue weighted by atomic mass is 127. The lowest BCUT2D eigenvalue weighted by atomic mass is 10.1. The molecule has 0 amide bonds. The van der Waals surface area contributed by atoms with Gasteiger partial charge in [-0.15, -0.1) is 0 Å². The first kappa shape index (κ1) is 10.9. The zero-order valence-electron chi connectivity index (χ0n) is 6.71. The molecule has 0 saturated heterocycles. The molecular formula is C9H8ClIO2. The van der Waals surface area contributed by atoms with Gasteiger partial charge >= 0.3 is 0 Å². The molecule has 13 heavy (non-hydrogen) atoms. The molecule has 1 aromatic rings. The third-order valence-corrected chi connectivity index (χ3v) is 2.30. The average molecular weight is 311 g/mol. The number of ketones is 1. The van der Waals surface area contributed by atoms with E-state index in [0.29, 0.717) is 10.6 Å². The van der Waals surface area contributed by atoms with Crippen molar-refractivity contribution in [1.82, 2.24) is 0 Å². The Morgan fingerprint density at radius 2 is 2.15 bits per heavy atom. The summed E-state index contributed by atoms with van der Waals surface area (Å²) in [5, 5.41) is 9.43. The number of Topliss-reactive ketones (excluding diaryl/α,β-unsaturated/α-hetero) is 1. The molecule has 1 aromatic carbocycles. The molecule has 0 fully saturated rings. The topological polar surface area (TPSA) is 37.3 Å². The highest BCUT2D eigenvalue weighted by molar-refractivity contribution is 14.1. The van der Waals surface area contributed by atoms with E-state index >= 15 is 0 Å². The largest absolute Gasteiger partial charge is 0.382 e. The molecule has 0 bridgehead atoms. The van der Waals surface area contributed by atoms with Crippen molar-refractivity contribution in [1.29, 1.82) is 0 Å². The molecule has 0 heterocycles. The average Bonchev–Trinajstić information content (AvgIpc) is 2.03. The van der Waals surface area contributed by atoms with Crippen molar-refractivity contribution in [2.45, 2.75) is 10.5 Å². The maximum atomic E-state index is 11.4. The first-order valence-electron chi connectivity index (χ1n) is 3.71. The van der Waals surface area contributed by atoms with Crippen LogP contribution in [-0.2, 0) is 0 Å². The first-order chi connectivity index (χ1) is 6.11. The highest BCUT2D eigenvalue weighted by Gasteiger charge is 2.12. The number of aliphatic hydroxyl groups is 1. The lowest BCUT2D eigenvalue weighted by Gasteiger charge is -2.03. The van der Waals surface area contributed by atoms with E-state index in [-0.39, 0.29) is 12.2 Å². The Labute approximate surface area is 95.0 Å². The number of rotatable bonds is 3.